The third kappa shape index (κ3) is 3.89. The molecule has 0 radical (unpaired) electrons. The number of carboxylic acids is 1. The first-order valence-electron chi connectivity index (χ1n) is 6.45. The number of hydrogen-bond donors (Lipinski definition) is 1. The Hall–Kier alpha value is -1.26. The highest BCUT2D eigenvalue weighted by Crippen LogP contribution is 2.27. The number of amides is 1. The molecule has 0 unspecified atom stereocenters. The van der Waals surface area contributed by atoms with Crippen molar-refractivity contribution in [3.63, 3.8) is 0 Å². The Morgan fingerprint density at radius 1 is 1.39 bits per heavy atom. The van der Waals surface area contributed by atoms with Crippen LogP contribution in [0.2, 0.25) is 0 Å². The first kappa shape index (κ1) is 14.8. The van der Waals surface area contributed by atoms with Gasteiger partial charge in [-0.2, -0.15) is 0 Å². The van der Waals surface area contributed by atoms with Gasteiger partial charge in [0.15, 0.2) is 0 Å². The lowest BCUT2D eigenvalue weighted by Crippen LogP contribution is -2.48. The molecule has 0 aromatic rings. The molecule has 18 heavy (non-hydrogen) atoms. The molecular weight excluding hydrogens is 234 g/mol. The van der Waals surface area contributed by atoms with Gasteiger partial charge >= 0.3 is 12.1 Å². The molecule has 1 saturated heterocycles. The average molecular weight is 257 g/mol. The smallest absolute Gasteiger partial charge is 0.410 e. The Morgan fingerprint density at radius 2 is 2.00 bits per heavy atom. The van der Waals surface area contributed by atoms with Crippen LogP contribution < -0.4 is 0 Å². The summed E-state index contributed by atoms with van der Waals surface area (Å²) in [5, 5.41) is 9.19. The lowest BCUT2D eigenvalue weighted by atomic mass is 9.84. The second-order valence-electron chi connectivity index (χ2n) is 5.83. The molecule has 0 saturated carbocycles. The lowest BCUT2D eigenvalue weighted by molar-refractivity contribution is -0.145. The highest BCUT2D eigenvalue weighted by Gasteiger charge is 2.36. The lowest BCUT2D eigenvalue weighted by Gasteiger charge is -2.36. The quantitative estimate of drug-likeness (QED) is 0.824. The van der Waals surface area contributed by atoms with Crippen LogP contribution in [0.15, 0.2) is 0 Å². The molecule has 0 aromatic heterocycles. The maximum atomic E-state index is 11.9. The first-order valence-corrected chi connectivity index (χ1v) is 6.45. The van der Waals surface area contributed by atoms with Gasteiger partial charge in [0.1, 0.15) is 5.60 Å². The Labute approximate surface area is 108 Å². The Balaban J connectivity index is 2.65. The van der Waals surface area contributed by atoms with Crippen molar-refractivity contribution in [1.29, 1.82) is 0 Å². The molecular formula is C13H23NO4. The summed E-state index contributed by atoms with van der Waals surface area (Å²) in [6, 6.07) is 0. The zero-order valence-corrected chi connectivity index (χ0v) is 11.6. The monoisotopic (exact) mass is 257 g/mol. The van der Waals surface area contributed by atoms with Gasteiger partial charge in [0.25, 0.3) is 0 Å². The summed E-state index contributed by atoms with van der Waals surface area (Å²) in [6.45, 7) is 8.23. The number of ether oxygens (including phenoxy) is 1. The molecule has 1 rings (SSSR count). The van der Waals surface area contributed by atoms with Crippen molar-refractivity contribution in [2.45, 2.75) is 46.1 Å². The zero-order valence-electron chi connectivity index (χ0n) is 11.6. The van der Waals surface area contributed by atoms with E-state index in [-0.39, 0.29) is 12.5 Å². The summed E-state index contributed by atoms with van der Waals surface area (Å²) in [5.41, 5.74) is -0.544. The van der Waals surface area contributed by atoms with E-state index in [1.165, 1.54) is 4.90 Å². The summed E-state index contributed by atoms with van der Waals surface area (Å²) < 4.78 is 5.27. The van der Waals surface area contributed by atoms with Crippen LogP contribution in [0.1, 0.15) is 40.5 Å². The Bertz CT molecular complexity index is 321. The summed E-state index contributed by atoms with van der Waals surface area (Å²) in [7, 11) is 0. The van der Waals surface area contributed by atoms with Crippen LogP contribution in [0.25, 0.3) is 0 Å². The van der Waals surface area contributed by atoms with E-state index < -0.39 is 23.6 Å². The van der Waals surface area contributed by atoms with E-state index in [9.17, 15) is 14.7 Å². The number of hydrogen-bond acceptors (Lipinski definition) is 3. The topological polar surface area (TPSA) is 66.8 Å². The van der Waals surface area contributed by atoms with Gasteiger partial charge in [-0.05, 0) is 33.1 Å². The van der Waals surface area contributed by atoms with Crippen LogP contribution in [-0.4, -0.2) is 40.8 Å². The van der Waals surface area contributed by atoms with Crippen molar-refractivity contribution in [2.24, 2.45) is 11.8 Å². The molecule has 1 aliphatic heterocycles. The molecule has 1 aliphatic rings. The molecule has 104 valence electrons. The molecule has 1 heterocycles. The number of aliphatic carboxylic acids is 1. The first-order chi connectivity index (χ1) is 8.24. The summed E-state index contributed by atoms with van der Waals surface area (Å²) in [6.07, 6.45) is 1.15. The van der Waals surface area contributed by atoms with Gasteiger partial charge in [-0.15, -0.1) is 0 Å². The van der Waals surface area contributed by atoms with E-state index in [4.69, 9.17) is 4.74 Å². The number of carboxylic acid groups (broad SMARTS) is 1. The third-order valence-corrected chi connectivity index (χ3v) is 3.25. The number of carbonyl (C=O) groups excluding carboxylic acids is 1. The number of likely N-dealkylation sites (tertiary alicyclic amines) is 1. The molecule has 1 N–H and O–H groups in total. The second-order valence-corrected chi connectivity index (χ2v) is 5.83. The number of nitrogens with zero attached hydrogens (tertiary/aromatic N) is 1. The van der Waals surface area contributed by atoms with E-state index in [2.05, 4.69) is 0 Å². The van der Waals surface area contributed by atoms with Crippen molar-refractivity contribution in [3.8, 4) is 0 Å². The normalized spacial score (nSPS) is 24.8. The van der Waals surface area contributed by atoms with Crippen molar-refractivity contribution in [3.05, 3.63) is 0 Å². The SMILES string of the molecule is CC[C@@H]1CCN(C(=O)OC(C)(C)C)C[C@H]1C(=O)O. The van der Waals surface area contributed by atoms with Gasteiger partial charge in [0.2, 0.25) is 0 Å². The fourth-order valence-electron chi connectivity index (χ4n) is 2.26. The van der Waals surface area contributed by atoms with Crippen LogP contribution in [0.3, 0.4) is 0 Å². The van der Waals surface area contributed by atoms with Crippen LogP contribution in [-0.2, 0) is 9.53 Å². The fourth-order valence-corrected chi connectivity index (χ4v) is 2.26. The third-order valence-electron chi connectivity index (χ3n) is 3.25. The summed E-state index contributed by atoms with van der Waals surface area (Å²) >= 11 is 0. The summed E-state index contributed by atoms with van der Waals surface area (Å²) in [5.74, 6) is -1.15. The van der Waals surface area contributed by atoms with E-state index in [1.807, 2.05) is 6.92 Å². The van der Waals surface area contributed by atoms with Crippen molar-refractivity contribution in [1.82, 2.24) is 4.90 Å². The van der Waals surface area contributed by atoms with Gasteiger partial charge in [-0.1, -0.05) is 13.3 Å². The van der Waals surface area contributed by atoms with Gasteiger partial charge < -0.3 is 14.7 Å². The predicted octanol–water partition coefficient (Wildman–Crippen LogP) is 2.35. The molecule has 0 aromatic carbocycles. The fraction of sp³-hybridized carbons (Fsp3) is 0.846. The number of carbonyl (C=O) groups is 2. The molecule has 1 amide bonds. The molecule has 0 aliphatic carbocycles. The van der Waals surface area contributed by atoms with Crippen molar-refractivity contribution >= 4 is 12.1 Å². The van der Waals surface area contributed by atoms with Crippen LogP contribution in [0.4, 0.5) is 4.79 Å². The maximum absolute atomic E-state index is 11.9. The van der Waals surface area contributed by atoms with Crippen LogP contribution >= 0.6 is 0 Å². The minimum Gasteiger partial charge on any atom is -0.481 e. The van der Waals surface area contributed by atoms with E-state index in [0.29, 0.717) is 6.54 Å². The largest absolute Gasteiger partial charge is 0.481 e. The minimum absolute atomic E-state index is 0.154. The average Bonchev–Trinajstić information content (AvgIpc) is 2.25. The molecule has 2 atom stereocenters. The Kier molecular flexibility index (Phi) is 4.59. The standard InChI is InChI=1S/C13H23NO4/c1-5-9-6-7-14(8-10(9)11(15)16)12(17)18-13(2,3)4/h9-10H,5-8H2,1-4H3,(H,15,16)/t9-,10-/m1/s1. The molecule has 0 spiro atoms. The Morgan fingerprint density at radius 3 is 2.44 bits per heavy atom. The van der Waals surface area contributed by atoms with Gasteiger partial charge in [-0.25, -0.2) is 4.79 Å². The zero-order chi connectivity index (χ0) is 13.9. The second kappa shape index (κ2) is 5.59. The molecule has 5 nitrogen and oxygen atoms in total. The maximum Gasteiger partial charge on any atom is 0.410 e. The molecule has 5 heteroatoms. The van der Waals surface area contributed by atoms with Gasteiger partial charge in [0, 0.05) is 13.1 Å². The highest BCUT2D eigenvalue weighted by molar-refractivity contribution is 5.73. The van der Waals surface area contributed by atoms with Gasteiger partial charge in [-0.3, -0.25) is 4.79 Å². The van der Waals surface area contributed by atoms with Gasteiger partial charge in [0.05, 0.1) is 5.92 Å². The van der Waals surface area contributed by atoms with E-state index >= 15 is 0 Å². The van der Waals surface area contributed by atoms with Crippen LogP contribution in [0.5, 0.6) is 0 Å². The molecule has 0 bridgehead atoms. The predicted molar refractivity (Wildman–Crippen MR) is 67.3 cm³/mol. The van der Waals surface area contributed by atoms with Crippen molar-refractivity contribution in [2.75, 3.05) is 13.1 Å². The van der Waals surface area contributed by atoms with E-state index in [0.717, 1.165) is 12.8 Å². The number of rotatable bonds is 2. The molecule has 1 fully saturated rings. The highest BCUT2D eigenvalue weighted by atomic mass is 16.6. The van der Waals surface area contributed by atoms with Crippen LogP contribution in [0, 0.1) is 11.8 Å². The van der Waals surface area contributed by atoms with Crippen molar-refractivity contribution < 1.29 is 19.4 Å². The minimum atomic E-state index is -0.824. The van der Waals surface area contributed by atoms with E-state index in [1.54, 1.807) is 20.8 Å². The summed E-state index contributed by atoms with van der Waals surface area (Å²) in [4.78, 5) is 24.6. The number of piperidine rings is 1.